The zero-order valence-corrected chi connectivity index (χ0v) is 16.9. The Hall–Kier alpha value is -3.70. The van der Waals surface area contributed by atoms with Crippen molar-refractivity contribution >= 4 is 26.9 Å². The molecule has 0 saturated heterocycles. The molecular weight excluding hydrogens is 425 g/mol. The van der Waals surface area contributed by atoms with E-state index in [1.165, 1.54) is 42.9 Å². The van der Waals surface area contributed by atoms with Crippen LogP contribution in [0.15, 0.2) is 66.2 Å². The van der Waals surface area contributed by atoms with E-state index in [1.54, 1.807) is 29.9 Å². The molecular formula is C20H16FN5O4S. The highest BCUT2D eigenvalue weighted by Crippen LogP contribution is 2.22. The molecule has 3 heterocycles. The highest BCUT2D eigenvalue weighted by molar-refractivity contribution is 7.85. The van der Waals surface area contributed by atoms with Crippen molar-refractivity contribution < 1.29 is 22.2 Å². The third kappa shape index (κ3) is 4.13. The number of halogens is 1. The van der Waals surface area contributed by atoms with E-state index in [9.17, 15) is 17.6 Å². The molecule has 9 nitrogen and oxygen atoms in total. The van der Waals surface area contributed by atoms with Crippen LogP contribution in [0.25, 0.3) is 16.6 Å². The normalized spacial score (nSPS) is 12.6. The fourth-order valence-electron chi connectivity index (χ4n) is 3.10. The molecule has 4 rings (SSSR count). The molecule has 0 aliphatic carbocycles. The second-order valence-electron chi connectivity index (χ2n) is 6.75. The molecule has 2 N–H and O–H groups in total. The number of nitrogens with one attached hydrogen (secondary N) is 1. The minimum Gasteiger partial charge on any atom is -0.345 e. The Bertz CT molecular complexity index is 1390. The summed E-state index contributed by atoms with van der Waals surface area (Å²) >= 11 is 0. The second kappa shape index (κ2) is 7.85. The van der Waals surface area contributed by atoms with E-state index in [4.69, 9.17) is 4.55 Å². The first-order valence-electron chi connectivity index (χ1n) is 9.06. The molecule has 158 valence electrons. The lowest BCUT2D eigenvalue weighted by atomic mass is 10.1. The molecule has 31 heavy (non-hydrogen) atoms. The lowest BCUT2D eigenvalue weighted by Gasteiger charge is -2.15. The Morgan fingerprint density at radius 3 is 2.61 bits per heavy atom. The Morgan fingerprint density at radius 1 is 1.16 bits per heavy atom. The van der Waals surface area contributed by atoms with Gasteiger partial charge >= 0.3 is 10.1 Å². The van der Waals surface area contributed by atoms with E-state index in [0.717, 1.165) is 0 Å². The minimum atomic E-state index is -4.46. The van der Waals surface area contributed by atoms with Gasteiger partial charge < -0.3 is 5.32 Å². The molecule has 0 radical (unpaired) electrons. The largest absolute Gasteiger partial charge is 0.345 e. The van der Waals surface area contributed by atoms with Crippen molar-refractivity contribution in [3.63, 3.8) is 0 Å². The maximum Gasteiger partial charge on any atom is 0.312 e. The van der Waals surface area contributed by atoms with Gasteiger partial charge in [0.2, 0.25) is 0 Å². The van der Waals surface area contributed by atoms with Gasteiger partial charge in [-0.15, -0.1) is 0 Å². The zero-order valence-electron chi connectivity index (χ0n) is 16.1. The molecule has 0 saturated carbocycles. The molecule has 4 aromatic rings. The van der Waals surface area contributed by atoms with Gasteiger partial charge in [-0.1, -0.05) is 0 Å². The van der Waals surface area contributed by atoms with Gasteiger partial charge in [0.15, 0.2) is 5.03 Å². The first-order valence-corrected chi connectivity index (χ1v) is 10.5. The first kappa shape index (κ1) is 20.6. The van der Waals surface area contributed by atoms with E-state index in [0.29, 0.717) is 22.2 Å². The molecule has 1 amide bonds. The molecule has 1 atom stereocenters. The number of fused-ring (bicyclic) bond motifs is 1. The topological polar surface area (TPSA) is 127 Å². The smallest absolute Gasteiger partial charge is 0.312 e. The summed E-state index contributed by atoms with van der Waals surface area (Å²) in [7, 11) is -4.46. The van der Waals surface area contributed by atoms with Crippen LogP contribution in [0.4, 0.5) is 4.39 Å². The number of hydrogen-bond acceptors (Lipinski definition) is 6. The van der Waals surface area contributed by atoms with Crippen LogP contribution in [0.3, 0.4) is 0 Å². The van der Waals surface area contributed by atoms with Crippen molar-refractivity contribution in [2.75, 3.05) is 0 Å². The fourth-order valence-corrected chi connectivity index (χ4v) is 3.58. The average molecular weight is 441 g/mol. The van der Waals surface area contributed by atoms with E-state index in [1.807, 2.05) is 0 Å². The summed E-state index contributed by atoms with van der Waals surface area (Å²) in [6, 6.07) is 7.88. The number of carbonyl (C=O) groups is 1. The highest BCUT2D eigenvalue weighted by Gasteiger charge is 2.19. The lowest BCUT2D eigenvalue weighted by Crippen LogP contribution is -2.27. The molecule has 0 bridgehead atoms. The number of benzene rings is 1. The molecule has 0 aliphatic rings. The van der Waals surface area contributed by atoms with E-state index in [2.05, 4.69) is 20.4 Å². The first-order chi connectivity index (χ1) is 14.7. The van der Waals surface area contributed by atoms with Gasteiger partial charge in [0.1, 0.15) is 5.82 Å². The third-order valence-electron chi connectivity index (χ3n) is 4.68. The van der Waals surface area contributed by atoms with Crippen LogP contribution >= 0.6 is 0 Å². The summed E-state index contributed by atoms with van der Waals surface area (Å²) in [4.78, 5) is 20.6. The van der Waals surface area contributed by atoms with Gasteiger partial charge in [0.05, 0.1) is 35.2 Å². The van der Waals surface area contributed by atoms with Crippen LogP contribution in [0, 0.1) is 5.82 Å². The highest BCUT2D eigenvalue weighted by atomic mass is 32.2. The Balaban J connectivity index is 1.63. The molecule has 1 aromatic carbocycles. The maximum atomic E-state index is 13.2. The number of pyridine rings is 2. The van der Waals surface area contributed by atoms with Gasteiger partial charge in [-0.05, 0) is 48.9 Å². The monoisotopic (exact) mass is 441 g/mol. The Kier molecular flexibility index (Phi) is 5.21. The minimum absolute atomic E-state index is 0.266. The predicted molar refractivity (Wildman–Crippen MR) is 109 cm³/mol. The van der Waals surface area contributed by atoms with Crippen LogP contribution in [0.1, 0.15) is 28.9 Å². The SMILES string of the molecule is CC(NC(=O)c1cncc2c1cnn2-c1ccc(F)cc1)c1ccnc(S(=O)(=O)O)c1. The van der Waals surface area contributed by atoms with Crippen LogP contribution < -0.4 is 5.32 Å². The fraction of sp³-hybridized carbons (Fsp3) is 0.100. The number of aromatic nitrogens is 4. The van der Waals surface area contributed by atoms with Crippen molar-refractivity contribution in [3.05, 3.63) is 78.1 Å². The Labute approximate surface area is 176 Å². The van der Waals surface area contributed by atoms with Crippen LogP contribution in [-0.4, -0.2) is 38.6 Å². The number of rotatable bonds is 5. The van der Waals surface area contributed by atoms with Gasteiger partial charge in [-0.25, -0.2) is 14.1 Å². The number of carbonyl (C=O) groups excluding carboxylic acids is 1. The van der Waals surface area contributed by atoms with Gasteiger partial charge in [-0.3, -0.25) is 14.3 Å². The summed E-state index contributed by atoms with van der Waals surface area (Å²) in [6.45, 7) is 1.66. The summed E-state index contributed by atoms with van der Waals surface area (Å²) in [6.07, 6.45) is 5.70. The molecule has 0 spiro atoms. The van der Waals surface area contributed by atoms with Gasteiger partial charge in [0.25, 0.3) is 5.91 Å². The second-order valence-corrected chi connectivity index (χ2v) is 8.12. The lowest BCUT2D eigenvalue weighted by molar-refractivity contribution is 0.0941. The Morgan fingerprint density at radius 2 is 1.90 bits per heavy atom. The van der Waals surface area contributed by atoms with Crippen molar-refractivity contribution in [2.24, 2.45) is 0 Å². The van der Waals surface area contributed by atoms with Crippen LogP contribution in [0.2, 0.25) is 0 Å². The standard InChI is InChI=1S/C20H16FN5O4S/c1-12(13-6-7-23-19(8-13)31(28,29)30)25-20(27)17-9-22-11-18-16(17)10-24-26(18)15-4-2-14(21)3-5-15/h2-12H,1H3,(H,25,27)(H,28,29,30). The summed E-state index contributed by atoms with van der Waals surface area (Å²) in [5.41, 5.74) is 1.88. The van der Waals surface area contributed by atoms with E-state index >= 15 is 0 Å². The quantitative estimate of drug-likeness (QED) is 0.456. The summed E-state index contributed by atoms with van der Waals surface area (Å²) in [5.74, 6) is -0.824. The maximum absolute atomic E-state index is 13.2. The van der Waals surface area contributed by atoms with Crippen molar-refractivity contribution in [1.29, 1.82) is 0 Å². The van der Waals surface area contributed by atoms with E-state index < -0.39 is 27.1 Å². The molecule has 11 heteroatoms. The predicted octanol–water partition coefficient (Wildman–Crippen LogP) is 2.69. The van der Waals surface area contributed by atoms with Gasteiger partial charge in [0, 0.05) is 17.8 Å². The zero-order chi connectivity index (χ0) is 22.2. The van der Waals surface area contributed by atoms with Crippen LogP contribution in [-0.2, 0) is 10.1 Å². The third-order valence-corrected chi connectivity index (χ3v) is 5.44. The van der Waals surface area contributed by atoms with Crippen molar-refractivity contribution in [3.8, 4) is 5.69 Å². The van der Waals surface area contributed by atoms with Crippen LogP contribution in [0.5, 0.6) is 0 Å². The summed E-state index contributed by atoms with van der Waals surface area (Å²) < 4.78 is 46.5. The molecule has 0 aliphatic heterocycles. The van der Waals surface area contributed by atoms with Gasteiger partial charge in [-0.2, -0.15) is 13.5 Å². The average Bonchev–Trinajstić information content (AvgIpc) is 3.18. The van der Waals surface area contributed by atoms with Crippen molar-refractivity contribution in [1.82, 2.24) is 25.1 Å². The van der Waals surface area contributed by atoms with E-state index in [-0.39, 0.29) is 11.4 Å². The van der Waals surface area contributed by atoms with Crippen molar-refractivity contribution in [2.45, 2.75) is 18.0 Å². The molecule has 0 fully saturated rings. The summed E-state index contributed by atoms with van der Waals surface area (Å²) in [5, 5.41) is 7.09. The number of nitrogens with zero attached hydrogens (tertiary/aromatic N) is 4. The number of hydrogen-bond donors (Lipinski definition) is 2. The number of amides is 1. The molecule has 1 unspecified atom stereocenters. The molecule has 3 aromatic heterocycles.